The highest BCUT2D eigenvalue weighted by atomic mass is 19.1. The quantitative estimate of drug-likeness (QED) is 0.667. The molecule has 0 spiro atoms. The fraction of sp³-hybridized carbons (Fsp3) is 0.269. The zero-order valence-corrected chi connectivity index (χ0v) is 18.4. The molecule has 0 aromatic heterocycles. The number of fused-ring (bicyclic) bond motifs is 1. The van der Waals surface area contributed by atoms with Gasteiger partial charge in [0, 0.05) is 42.4 Å². The number of nitrogens with zero attached hydrogens (tertiary/aromatic N) is 2. The molecule has 2 N–H and O–H groups in total. The monoisotopic (exact) mass is 430 g/mol. The number of aliphatic imine (C=N–C) groups is 1. The van der Waals surface area contributed by atoms with Gasteiger partial charge in [0.15, 0.2) is 0 Å². The molecule has 2 aromatic rings. The van der Waals surface area contributed by atoms with Gasteiger partial charge in [0.2, 0.25) is 0 Å². The summed E-state index contributed by atoms with van der Waals surface area (Å²) in [7, 11) is 1.98. The Morgan fingerprint density at radius 3 is 2.81 bits per heavy atom. The maximum absolute atomic E-state index is 14.6. The first-order chi connectivity index (χ1) is 15.5. The van der Waals surface area contributed by atoms with E-state index in [-0.39, 0.29) is 17.8 Å². The summed E-state index contributed by atoms with van der Waals surface area (Å²) < 4.78 is 14.6. The van der Waals surface area contributed by atoms with E-state index in [1.54, 1.807) is 18.2 Å². The zero-order chi connectivity index (χ0) is 22.7. The molecule has 0 fully saturated rings. The molecule has 2 aliphatic rings. The highest BCUT2D eigenvalue weighted by molar-refractivity contribution is 5.96. The molecule has 0 unspecified atom stereocenters. The molecule has 164 valence electrons. The minimum atomic E-state index is -0.280. The van der Waals surface area contributed by atoms with Crippen LogP contribution in [-0.4, -0.2) is 31.4 Å². The van der Waals surface area contributed by atoms with E-state index in [9.17, 15) is 9.18 Å². The maximum Gasteiger partial charge on any atom is 0.251 e. The highest BCUT2D eigenvalue weighted by Gasteiger charge is 2.23. The molecule has 0 bridgehead atoms. The van der Waals surface area contributed by atoms with Gasteiger partial charge in [0.25, 0.3) is 5.91 Å². The molecular weight excluding hydrogens is 403 g/mol. The van der Waals surface area contributed by atoms with Crippen LogP contribution in [0.15, 0.2) is 71.5 Å². The second-order valence-electron chi connectivity index (χ2n) is 8.00. The fourth-order valence-corrected chi connectivity index (χ4v) is 4.07. The van der Waals surface area contributed by atoms with Gasteiger partial charge in [-0.3, -0.25) is 4.79 Å². The van der Waals surface area contributed by atoms with E-state index in [1.165, 1.54) is 0 Å². The van der Waals surface area contributed by atoms with E-state index in [0.717, 1.165) is 35.5 Å². The average Bonchev–Trinajstić information content (AvgIpc) is 3.43. The molecule has 0 aliphatic carbocycles. The van der Waals surface area contributed by atoms with Gasteiger partial charge in [-0.25, -0.2) is 9.38 Å². The Kier molecular flexibility index (Phi) is 6.24. The molecule has 2 aliphatic heterocycles. The highest BCUT2D eigenvalue weighted by Crippen LogP contribution is 2.34. The number of likely N-dealkylation sites (N-methyl/N-ethyl adjacent to an activating group) is 1. The lowest BCUT2D eigenvalue weighted by molar-refractivity contribution is 0.0941. The van der Waals surface area contributed by atoms with Crippen LogP contribution in [0.2, 0.25) is 0 Å². The van der Waals surface area contributed by atoms with Crippen molar-refractivity contribution in [1.29, 1.82) is 0 Å². The number of rotatable bonds is 6. The third-order valence-electron chi connectivity index (χ3n) is 5.89. The molecule has 0 saturated heterocycles. The first-order valence-corrected chi connectivity index (χ1v) is 10.8. The van der Waals surface area contributed by atoms with Crippen molar-refractivity contribution in [2.45, 2.75) is 32.2 Å². The number of amides is 1. The summed E-state index contributed by atoms with van der Waals surface area (Å²) in [6.07, 6.45) is 3.95. The van der Waals surface area contributed by atoms with Crippen LogP contribution in [-0.2, 0) is 6.42 Å². The number of carbonyl (C=O) groups is 1. The van der Waals surface area contributed by atoms with E-state index in [2.05, 4.69) is 32.8 Å². The van der Waals surface area contributed by atoms with Crippen LogP contribution >= 0.6 is 0 Å². The van der Waals surface area contributed by atoms with E-state index < -0.39 is 0 Å². The van der Waals surface area contributed by atoms with E-state index in [4.69, 9.17) is 0 Å². The van der Waals surface area contributed by atoms with Crippen LogP contribution < -0.4 is 15.5 Å². The van der Waals surface area contributed by atoms with E-state index >= 15 is 0 Å². The molecule has 2 aromatic carbocycles. The topological polar surface area (TPSA) is 56.7 Å². The van der Waals surface area contributed by atoms with Crippen molar-refractivity contribution < 1.29 is 9.18 Å². The van der Waals surface area contributed by atoms with Gasteiger partial charge >= 0.3 is 0 Å². The number of nitrogens with one attached hydrogen (secondary N) is 2. The number of hydrogen-bond donors (Lipinski definition) is 2. The Labute approximate surface area is 188 Å². The third-order valence-corrected chi connectivity index (χ3v) is 5.89. The summed E-state index contributed by atoms with van der Waals surface area (Å²) in [5.41, 5.74) is 7.37. The summed E-state index contributed by atoms with van der Waals surface area (Å²) in [4.78, 5) is 19.3. The Balaban J connectivity index is 1.47. The first-order valence-electron chi connectivity index (χ1n) is 10.8. The summed E-state index contributed by atoms with van der Waals surface area (Å²) >= 11 is 0. The predicted octanol–water partition coefficient (Wildman–Crippen LogP) is 4.43. The SMILES string of the molecule is C=C=C(NC1=NC(c2cc(F)c3c(c2)N(C)CC3)=CC1)[C@H](CC)NC(=O)c1ccccc1. The number of halogens is 1. The smallest absolute Gasteiger partial charge is 0.251 e. The fourth-order valence-electron chi connectivity index (χ4n) is 4.07. The molecule has 0 radical (unpaired) electrons. The number of anilines is 1. The summed E-state index contributed by atoms with van der Waals surface area (Å²) in [5, 5.41) is 6.29. The lowest BCUT2D eigenvalue weighted by atomic mass is 10.1. The second-order valence-corrected chi connectivity index (χ2v) is 8.00. The summed E-state index contributed by atoms with van der Waals surface area (Å²) in [6.45, 7) is 6.60. The Bertz CT molecular complexity index is 1150. The van der Waals surface area contributed by atoms with Crippen LogP contribution in [0.5, 0.6) is 0 Å². The molecule has 32 heavy (non-hydrogen) atoms. The zero-order valence-electron chi connectivity index (χ0n) is 18.4. The van der Waals surface area contributed by atoms with Gasteiger partial charge in [-0.15, -0.1) is 5.73 Å². The van der Waals surface area contributed by atoms with Gasteiger partial charge in [-0.05, 0) is 37.1 Å². The molecule has 2 heterocycles. The molecule has 1 atom stereocenters. The van der Waals surface area contributed by atoms with Gasteiger partial charge in [0.05, 0.1) is 17.4 Å². The summed E-state index contributed by atoms with van der Waals surface area (Å²) in [5.74, 6) is 0.380. The average molecular weight is 431 g/mol. The van der Waals surface area contributed by atoms with Gasteiger partial charge < -0.3 is 15.5 Å². The van der Waals surface area contributed by atoms with Crippen molar-refractivity contribution in [1.82, 2.24) is 10.6 Å². The summed E-state index contributed by atoms with van der Waals surface area (Å²) in [6, 6.07) is 12.4. The van der Waals surface area contributed by atoms with Crippen molar-refractivity contribution in [2.75, 3.05) is 18.5 Å². The largest absolute Gasteiger partial charge is 0.374 e. The number of carbonyl (C=O) groups excluding carboxylic acids is 1. The van der Waals surface area contributed by atoms with Crippen molar-refractivity contribution in [3.63, 3.8) is 0 Å². The Hall–Kier alpha value is -3.63. The molecule has 1 amide bonds. The number of benzene rings is 2. The lowest BCUT2D eigenvalue weighted by Gasteiger charge is -2.20. The van der Waals surface area contributed by atoms with Crippen LogP contribution in [0.4, 0.5) is 10.1 Å². The molecule has 4 rings (SSSR count). The maximum atomic E-state index is 14.6. The van der Waals surface area contributed by atoms with E-state index in [1.807, 2.05) is 44.3 Å². The van der Waals surface area contributed by atoms with Crippen molar-refractivity contribution in [2.24, 2.45) is 4.99 Å². The number of amidine groups is 1. The Morgan fingerprint density at radius 2 is 2.09 bits per heavy atom. The van der Waals surface area contributed by atoms with Gasteiger partial charge in [-0.2, -0.15) is 0 Å². The normalized spacial score (nSPS) is 15.4. The molecular formula is C26H27FN4O. The second kappa shape index (κ2) is 9.25. The van der Waals surface area contributed by atoms with Crippen molar-refractivity contribution in [3.05, 3.63) is 89.1 Å². The standard InChI is InChI=1S/C26H27FN4O/c1-4-21(22(5-2)30-26(32)17-9-7-6-8-10-17)28-25-12-11-23(29-25)18-15-20(27)19-13-14-31(3)24(19)16-18/h6-11,15-16,22H,1,5,12-14H2,2-3H3,(H,28,29)(H,30,32)/t22-/m0/s1. The van der Waals surface area contributed by atoms with Crippen LogP contribution in [0, 0.1) is 5.82 Å². The molecule has 0 saturated carbocycles. The van der Waals surface area contributed by atoms with Crippen LogP contribution in [0.1, 0.15) is 41.3 Å². The minimum Gasteiger partial charge on any atom is -0.374 e. The first kappa shape index (κ1) is 21.6. The predicted molar refractivity (Wildman–Crippen MR) is 127 cm³/mol. The number of hydrogen-bond acceptors (Lipinski definition) is 4. The molecule has 5 nitrogen and oxygen atoms in total. The van der Waals surface area contributed by atoms with Crippen molar-refractivity contribution in [3.8, 4) is 0 Å². The van der Waals surface area contributed by atoms with Crippen molar-refractivity contribution >= 4 is 23.1 Å². The minimum absolute atomic E-state index is 0.156. The Morgan fingerprint density at radius 1 is 1.31 bits per heavy atom. The molecule has 6 heteroatoms. The van der Waals surface area contributed by atoms with Gasteiger partial charge in [-0.1, -0.05) is 37.8 Å². The lowest BCUT2D eigenvalue weighted by Crippen LogP contribution is -2.41. The van der Waals surface area contributed by atoms with Crippen LogP contribution in [0.25, 0.3) is 5.70 Å². The van der Waals surface area contributed by atoms with Crippen LogP contribution in [0.3, 0.4) is 0 Å². The van der Waals surface area contributed by atoms with E-state index in [0.29, 0.717) is 29.9 Å². The van der Waals surface area contributed by atoms with Gasteiger partial charge in [0.1, 0.15) is 11.7 Å². The third kappa shape index (κ3) is 4.36.